The van der Waals surface area contributed by atoms with Crippen LogP contribution in [0.2, 0.25) is 0 Å². The lowest BCUT2D eigenvalue weighted by Crippen LogP contribution is -2.37. The van der Waals surface area contributed by atoms with Crippen LogP contribution >= 0.6 is 0 Å². The number of aromatic nitrogens is 3. The standard InChI is InChI=1S/C18H18N4O3/c1-24-15-6-2-4-11-8-12(10-25-16(11)15)18(23)20-9-14-13-5-3-7-19-17(13)22-21-14/h2-7,12H,8-10H2,1H3,(H,20,23)(H,19,21,22). The zero-order valence-electron chi connectivity index (χ0n) is 13.8. The van der Waals surface area contributed by atoms with Crippen LogP contribution in [0, 0.1) is 5.92 Å². The third-order valence-corrected chi connectivity index (χ3v) is 4.39. The molecule has 7 heteroatoms. The number of benzene rings is 1. The lowest BCUT2D eigenvalue weighted by Gasteiger charge is -2.25. The van der Waals surface area contributed by atoms with Gasteiger partial charge in [0.05, 0.1) is 25.3 Å². The predicted molar refractivity (Wildman–Crippen MR) is 91.4 cm³/mol. The van der Waals surface area contributed by atoms with Crippen LogP contribution in [-0.2, 0) is 17.8 Å². The summed E-state index contributed by atoms with van der Waals surface area (Å²) in [4.78, 5) is 16.7. The first-order chi connectivity index (χ1) is 12.3. The fourth-order valence-corrected chi connectivity index (χ4v) is 3.08. The van der Waals surface area contributed by atoms with Crippen molar-refractivity contribution in [3.63, 3.8) is 0 Å². The summed E-state index contributed by atoms with van der Waals surface area (Å²) in [6.45, 7) is 0.715. The number of amides is 1. The topological polar surface area (TPSA) is 89.1 Å². The van der Waals surface area contributed by atoms with Crippen molar-refractivity contribution in [3.05, 3.63) is 47.8 Å². The van der Waals surface area contributed by atoms with Crippen LogP contribution in [-0.4, -0.2) is 34.8 Å². The molecule has 3 heterocycles. The van der Waals surface area contributed by atoms with Crippen LogP contribution in [0.3, 0.4) is 0 Å². The summed E-state index contributed by atoms with van der Waals surface area (Å²) in [5, 5.41) is 10.9. The number of hydrogen-bond acceptors (Lipinski definition) is 5. The van der Waals surface area contributed by atoms with E-state index in [0.29, 0.717) is 31.0 Å². The van der Waals surface area contributed by atoms with E-state index in [-0.39, 0.29) is 11.8 Å². The number of fused-ring (bicyclic) bond motifs is 2. The number of aromatic amines is 1. The van der Waals surface area contributed by atoms with E-state index in [1.807, 2.05) is 30.3 Å². The van der Waals surface area contributed by atoms with Gasteiger partial charge in [0.15, 0.2) is 17.1 Å². The van der Waals surface area contributed by atoms with Crippen LogP contribution in [0.25, 0.3) is 11.0 Å². The SMILES string of the molecule is COc1cccc2c1OCC(C(=O)NCc1[nH]nc3ncccc13)C2. The second kappa shape index (κ2) is 6.43. The highest BCUT2D eigenvalue weighted by Crippen LogP contribution is 2.36. The molecule has 3 aromatic rings. The summed E-state index contributed by atoms with van der Waals surface area (Å²) < 4.78 is 11.1. The van der Waals surface area contributed by atoms with Gasteiger partial charge in [-0.2, -0.15) is 5.10 Å². The van der Waals surface area contributed by atoms with Crippen molar-refractivity contribution >= 4 is 16.9 Å². The van der Waals surface area contributed by atoms with Gasteiger partial charge in [-0.05, 0) is 30.2 Å². The molecule has 0 radical (unpaired) electrons. The summed E-state index contributed by atoms with van der Waals surface area (Å²) in [5.41, 5.74) is 2.48. The predicted octanol–water partition coefficient (Wildman–Crippen LogP) is 1.83. The second-order valence-corrected chi connectivity index (χ2v) is 5.96. The highest BCUT2D eigenvalue weighted by Gasteiger charge is 2.27. The molecule has 0 spiro atoms. The molecule has 0 fully saturated rings. The molecule has 2 N–H and O–H groups in total. The number of methoxy groups -OCH3 is 1. The number of carbonyl (C=O) groups is 1. The Bertz CT molecular complexity index is 922. The summed E-state index contributed by atoms with van der Waals surface area (Å²) in [6, 6.07) is 9.51. The van der Waals surface area contributed by atoms with Gasteiger partial charge in [0.1, 0.15) is 6.61 Å². The third kappa shape index (κ3) is 2.88. The van der Waals surface area contributed by atoms with Crippen LogP contribution in [0.1, 0.15) is 11.3 Å². The highest BCUT2D eigenvalue weighted by atomic mass is 16.5. The monoisotopic (exact) mass is 338 g/mol. The first kappa shape index (κ1) is 15.4. The second-order valence-electron chi connectivity index (χ2n) is 5.96. The Labute approximate surface area is 144 Å². The molecule has 7 nitrogen and oxygen atoms in total. The fraction of sp³-hybridized carbons (Fsp3) is 0.278. The molecule has 0 saturated carbocycles. The maximum atomic E-state index is 12.5. The number of hydrogen-bond donors (Lipinski definition) is 2. The molecule has 0 bridgehead atoms. The highest BCUT2D eigenvalue weighted by molar-refractivity contribution is 5.81. The Morgan fingerprint density at radius 3 is 3.20 bits per heavy atom. The van der Waals surface area contributed by atoms with Crippen molar-refractivity contribution in [2.45, 2.75) is 13.0 Å². The summed E-state index contributed by atoms with van der Waals surface area (Å²) in [7, 11) is 1.61. The zero-order valence-corrected chi connectivity index (χ0v) is 13.8. The first-order valence-electron chi connectivity index (χ1n) is 8.10. The summed E-state index contributed by atoms with van der Waals surface area (Å²) >= 11 is 0. The number of carbonyl (C=O) groups excluding carboxylic acids is 1. The maximum absolute atomic E-state index is 12.5. The molecule has 1 unspecified atom stereocenters. The van der Waals surface area contributed by atoms with Crippen molar-refractivity contribution < 1.29 is 14.3 Å². The maximum Gasteiger partial charge on any atom is 0.227 e. The van der Waals surface area contributed by atoms with E-state index in [4.69, 9.17) is 9.47 Å². The number of pyridine rings is 1. The normalized spacial score (nSPS) is 16.1. The van der Waals surface area contributed by atoms with E-state index in [0.717, 1.165) is 22.4 Å². The number of para-hydroxylation sites is 1. The first-order valence-corrected chi connectivity index (χ1v) is 8.10. The average molecular weight is 338 g/mol. The number of rotatable bonds is 4. The van der Waals surface area contributed by atoms with Gasteiger partial charge in [0.25, 0.3) is 0 Å². The molecular weight excluding hydrogens is 320 g/mol. The number of nitrogens with zero attached hydrogens (tertiary/aromatic N) is 2. The molecule has 1 amide bonds. The van der Waals surface area contributed by atoms with Gasteiger partial charge in [0.2, 0.25) is 5.91 Å². The minimum absolute atomic E-state index is 0.0416. The van der Waals surface area contributed by atoms with Crippen LogP contribution in [0.4, 0.5) is 0 Å². The average Bonchev–Trinajstić information content (AvgIpc) is 3.08. The smallest absolute Gasteiger partial charge is 0.227 e. The number of H-pyrrole nitrogens is 1. The van der Waals surface area contributed by atoms with Gasteiger partial charge in [0, 0.05) is 11.6 Å². The van der Waals surface area contributed by atoms with Crippen LogP contribution in [0.15, 0.2) is 36.5 Å². The lowest BCUT2D eigenvalue weighted by molar-refractivity contribution is -0.126. The Morgan fingerprint density at radius 2 is 2.32 bits per heavy atom. The molecule has 0 aliphatic carbocycles. The van der Waals surface area contributed by atoms with E-state index >= 15 is 0 Å². The van der Waals surface area contributed by atoms with E-state index < -0.39 is 0 Å². The molecule has 25 heavy (non-hydrogen) atoms. The molecule has 4 rings (SSSR count). The summed E-state index contributed by atoms with van der Waals surface area (Å²) in [5.74, 6) is 1.17. The molecule has 1 aromatic carbocycles. The Morgan fingerprint density at radius 1 is 1.40 bits per heavy atom. The van der Waals surface area contributed by atoms with Crippen molar-refractivity contribution in [1.29, 1.82) is 0 Å². The van der Waals surface area contributed by atoms with E-state index in [1.54, 1.807) is 13.3 Å². The fourth-order valence-electron chi connectivity index (χ4n) is 3.08. The van der Waals surface area contributed by atoms with Crippen molar-refractivity contribution in [2.75, 3.05) is 13.7 Å². The molecule has 2 aromatic heterocycles. The third-order valence-electron chi connectivity index (χ3n) is 4.39. The molecule has 128 valence electrons. The molecule has 1 aliphatic heterocycles. The van der Waals surface area contributed by atoms with Crippen molar-refractivity contribution in [1.82, 2.24) is 20.5 Å². The van der Waals surface area contributed by atoms with Gasteiger partial charge in [-0.1, -0.05) is 12.1 Å². The number of nitrogens with one attached hydrogen (secondary N) is 2. The molecular formula is C18H18N4O3. The lowest BCUT2D eigenvalue weighted by atomic mass is 9.95. The van der Waals surface area contributed by atoms with E-state index in [1.165, 1.54) is 0 Å². The van der Waals surface area contributed by atoms with Gasteiger partial charge in [-0.25, -0.2) is 4.98 Å². The van der Waals surface area contributed by atoms with Gasteiger partial charge >= 0.3 is 0 Å². The van der Waals surface area contributed by atoms with Crippen LogP contribution < -0.4 is 14.8 Å². The summed E-state index contributed by atoms with van der Waals surface area (Å²) in [6.07, 6.45) is 2.32. The van der Waals surface area contributed by atoms with Gasteiger partial charge < -0.3 is 14.8 Å². The quantitative estimate of drug-likeness (QED) is 0.758. The largest absolute Gasteiger partial charge is 0.493 e. The van der Waals surface area contributed by atoms with Gasteiger partial charge in [-0.3, -0.25) is 9.89 Å². The number of ether oxygens (including phenoxy) is 2. The Kier molecular flexibility index (Phi) is 3.97. The van der Waals surface area contributed by atoms with E-state index in [2.05, 4.69) is 20.5 Å². The van der Waals surface area contributed by atoms with Crippen LogP contribution in [0.5, 0.6) is 11.5 Å². The van der Waals surface area contributed by atoms with Crippen molar-refractivity contribution in [3.8, 4) is 11.5 Å². The molecule has 1 atom stereocenters. The molecule has 1 aliphatic rings. The zero-order chi connectivity index (χ0) is 17.2. The minimum Gasteiger partial charge on any atom is -0.493 e. The van der Waals surface area contributed by atoms with Crippen molar-refractivity contribution in [2.24, 2.45) is 5.92 Å². The molecule has 0 saturated heterocycles. The Hall–Kier alpha value is -3.09. The van der Waals surface area contributed by atoms with E-state index in [9.17, 15) is 4.79 Å². The van der Waals surface area contributed by atoms with Gasteiger partial charge in [-0.15, -0.1) is 0 Å². The Balaban J connectivity index is 1.43. The minimum atomic E-state index is -0.230.